The quantitative estimate of drug-likeness (QED) is 0.675. The standard InChI is InChI=1S/C17H19N3O3/c1-5-8-18-16(21)12(4)23-17(22)13-6-7-14-15(9-13)20-11(3)10(2)19-14/h5-7,9,12H,1,8H2,2-4H3,(H,18,21)/t12-/m0/s1. The Morgan fingerprint density at radius 1 is 1.26 bits per heavy atom. The number of aromatic nitrogens is 2. The number of nitrogens with one attached hydrogen (secondary N) is 1. The van der Waals surface area contributed by atoms with Crippen LogP contribution in [0.15, 0.2) is 30.9 Å². The van der Waals surface area contributed by atoms with Gasteiger partial charge in [-0.15, -0.1) is 6.58 Å². The summed E-state index contributed by atoms with van der Waals surface area (Å²) in [6, 6.07) is 4.95. The molecule has 6 nitrogen and oxygen atoms in total. The minimum Gasteiger partial charge on any atom is -0.449 e. The Bertz CT molecular complexity index is 771. The Labute approximate surface area is 134 Å². The van der Waals surface area contributed by atoms with Gasteiger partial charge in [-0.25, -0.2) is 14.8 Å². The number of ether oxygens (including phenoxy) is 1. The molecule has 120 valence electrons. The summed E-state index contributed by atoms with van der Waals surface area (Å²) in [6.45, 7) is 9.09. The monoisotopic (exact) mass is 313 g/mol. The van der Waals surface area contributed by atoms with Gasteiger partial charge in [0.25, 0.3) is 5.91 Å². The van der Waals surface area contributed by atoms with E-state index in [1.54, 1.807) is 24.3 Å². The Morgan fingerprint density at radius 2 is 1.91 bits per heavy atom. The first-order valence-corrected chi connectivity index (χ1v) is 7.27. The lowest BCUT2D eigenvalue weighted by atomic mass is 10.2. The van der Waals surface area contributed by atoms with Crippen LogP contribution in [0.3, 0.4) is 0 Å². The van der Waals surface area contributed by atoms with Gasteiger partial charge in [0.05, 0.1) is 28.0 Å². The van der Waals surface area contributed by atoms with Crippen molar-refractivity contribution in [3.63, 3.8) is 0 Å². The molecule has 1 heterocycles. The van der Waals surface area contributed by atoms with Gasteiger partial charge in [0, 0.05) is 6.54 Å². The highest BCUT2D eigenvalue weighted by molar-refractivity contribution is 5.95. The lowest BCUT2D eigenvalue weighted by molar-refractivity contribution is -0.128. The van der Waals surface area contributed by atoms with E-state index in [0.29, 0.717) is 23.1 Å². The zero-order valence-corrected chi connectivity index (χ0v) is 13.4. The number of amides is 1. The third-order valence-corrected chi connectivity index (χ3v) is 3.38. The SMILES string of the molecule is C=CCNC(=O)[C@H](C)OC(=O)c1ccc2nc(C)c(C)nc2c1. The molecule has 0 unspecified atom stereocenters. The van der Waals surface area contributed by atoms with E-state index < -0.39 is 12.1 Å². The molecule has 1 atom stereocenters. The van der Waals surface area contributed by atoms with E-state index in [1.807, 2.05) is 13.8 Å². The summed E-state index contributed by atoms with van der Waals surface area (Å²) in [5.74, 6) is -0.946. The second-order valence-corrected chi connectivity index (χ2v) is 5.18. The van der Waals surface area contributed by atoms with E-state index in [4.69, 9.17) is 4.74 Å². The number of hydrogen-bond acceptors (Lipinski definition) is 5. The van der Waals surface area contributed by atoms with Gasteiger partial charge in [-0.05, 0) is 39.0 Å². The van der Waals surface area contributed by atoms with Crippen LogP contribution >= 0.6 is 0 Å². The fraction of sp³-hybridized carbons (Fsp3) is 0.294. The molecule has 2 aromatic rings. The van der Waals surface area contributed by atoms with Crippen LogP contribution in [0, 0.1) is 13.8 Å². The van der Waals surface area contributed by atoms with Crippen molar-refractivity contribution in [1.82, 2.24) is 15.3 Å². The number of aryl methyl sites for hydroxylation is 2. The first kappa shape index (κ1) is 16.6. The summed E-state index contributed by atoms with van der Waals surface area (Å²) in [6.07, 6.45) is 0.669. The number of fused-ring (bicyclic) bond motifs is 1. The van der Waals surface area contributed by atoms with Crippen LogP contribution in [-0.4, -0.2) is 34.5 Å². The van der Waals surface area contributed by atoms with E-state index in [-0.39, 0.29) is 5.91 Å². The molecule has 0 spiro atoms. The summed E-state index contributed by atoms with van der Waals surface area (Å²) in [5, 5.41) is 2.58. The van der Waals surface area contributed by atoms with E-state index >= 15 is 0 Å². The van der Waals surface area contributed by atoms with E-state index in [0.717, 1.165) is 11.4 Å². The van der Waals surface area contributed by atoms with Crippen LogP contribution in [0.2, 0.25) is 0 Å². The van der Waals surface area contributed by atoms with Crippen LogP contribution in [0.25, 0.3) is 11.0 Å². The fourth-order valence-corrected chi connectivity index (χ4v) is 1.96. The Balaban J connectivity index is 2.16. The zero-order valence-electron chi connectivity index (χ0n) is 13.4. The molecule has 0 bridgehead atoms. The lowest BCUT2D eigenvalue weighted by Crippen LogP contribution is -2.35. The maximum Gasteiger partial charge on any atom is 0.338 e. The molecule has 0 saturated heterocycles. The molecular weight excluding hydrogens is 294 g/mol. The van der Waals surface area contributed by atoms with Crippen LogP contribution in [0.4, 0.5) is 0 Å². The lowest BCUT2D eigenvalue weighted by Gasteiger charge is -2.13. The second kappa shape index (κ2) is 7.00. The highest BCUT2D eigenvalue weighted by atomic mass is 16.5. The average molecular weight is 313 g/mol. The summed E-state index contributed by atoms with van der Waals surface area (Å²) in [7, 11) is 0. The molecular formula is C17H19N3O3. The van der Waals surface area contributed by atoms with Crippen molar-refractivity contribution in [1.29, 1.82) is 0 Å². The van der Waals surface area contributed by atoms with Gasteiger partial charge in [0.2, 0.25) is 0 Å². The number of rotatable bonds is 5. The first-order chi connectivity index (χ1) is 10.9. The van der Waals surface area contributed by atoms with Gasteiger partial charge in [-0.3, -0.25) is 4.79 Å². The number of esters is 1. The predicted molar refractivity (Wildman–Crippen MR) is 87.1 cm³/mol. The Hall–Kier alpha value is -2.76. The molecule has 0 aliphatic rings. The maximum absolute atomic E-state index is 12.2. The Morgan fingerprint density at radius 3 is 2.57 bits per heavy atom. The van der Waals surface area contributed by atoms with Crippen molar-refractivity contribution in [2.45, 2.75) is 26.9 Å². The summed E-state index contributed by atoms with van der Waals surface area (Å²) in [4.78, 5) is 32.7. The molecule has 23 heavy (non-hydrogen) atoms. The van der Waals surface area contributed by atoms with Crippen LogP contribution < -0.4 is 5.32 Å². The summed E-state index contributed by atoms with van der Waals surface area (Å²) < 4.78 is 5.16. The van der Waals surface area contributed by atoms with Crippen molar-refractivity contribution in [3.05, 3.63) is 47.8 Å². The molecule has 1 N–H and O–H groups in total. The fourth-order valence-electron chi connectivity index (χ4n) is 1.96. The number of benzene rings is 1. The van der Waals surface area contributed by atoms with Gasteiger partial charge in [0.1, 0.15) is 0 Å². The van der Waals surface area contributed by atoms with E-state index in [9.17, 15) is 9.59 Å². The molecule has 0 aliphatic carbocycles. The Kier molecular flexibility index (Phi) is 5.05. The van der Waals surface area contributed by atoms with Crippen molar-refractivity contribution < 1.29 is 14.3 Å². The van der Waals surface area contributed by atoms with Crippen molar-refractivity contribution in [2.24, 2.45) is 0 Å². The van der Waals surface area contributed by atoms with Gasteiger partial charge in [-0.1, -0.05) is 6.08 Å². The molecule has 6 heteroatoms. The maximum atomic E-state index is 12.2. The van der Waals surface area contributed by atoms with Crippen LogP contribution in [0.5, 0.6) is 0 Å². The first-order valence-electron chi connectivity index (χ1n) is 7.27. The molecule has 0 saturated carbocycles. The molecule has 1 aromatic carbocycles. The largest absolute Gasteiger partial charge is 0.449 e. The van der Waals surface area contributed by atoms with Crippen LogP contribution in [0.1, 0.15) is 28.7 Å². The van der Waals surface area contributed by atoms with Crippen molar-refractivity contribution in [3.8, 4) is 0 Å². The topological polar surface area (TPSA) is 81.2 Å². The summed E-state index contributed by atoms with van der Waals surface area (Å²) >= 11 is 0. The van der Waals surface area contributed by atoms with E-state index in [2.05, 4.69) is 21.9 Å². The average Bonchev–Trinajstić information content (AvgIpc) is 2.53. The normalized spacial score (nSPS) is 11.8. The third kappa shape index (κ3) is 3.91. The van der Waals surface area contributed by atoms with Crippen molar-refractivity contribution >= 4 is 22.9 Å². The molecule has 1 aromatic heterocycles. The second-order valence-electron chi connectivity index (χ2n) is 5.18. The smallest absolute Gasteiger partial charge is 0.338 e. The number of carbonyl (C=O) groups excluding carboxylic acids is 2. The number of carbonyl (C=O) groups is 2. The third-order valence-electron chi connectivity index (χ3n) is 3.38. The number of nitrogens with zero attached hydrogens (tertiary/aromatic N) is 2. The predicted octanol–water partition coefficient (Wildman–Crippen LogP) is 2.09. The molecule has 1 amide bonds. The molecule has 0 fully saturated rings. The molecule has 2 rings (SSSR count). The highest BCUT2D eigenvalue weighted by Gasteiger charge is 2.18. The molecule has 0 aliphatic heterocycles. The van der Waals surface area contributed by atoms with Crippen molar-refractivity contribution in [2.75, 3.05) is 6.54 Å². The van der Waals surface area contributed by atoms with Crippen LogP contribution in [-0.2, 0) is 9.53 Å². The highest BCUT2D eigenvalue weighted by Crippen LogP contribution is 2.15. The van der Waals surface area contributed by atoms with E-state index in [1.165, 1.54) is 6.92 Å². The zero-order chi connectivity index (χ0) is 17.0. The van der Waals surface area contributed by atoms with Gasteiger partial charge < -0.3 is 10.1 Å². The molecule has 0 radical (unpaired) electrons. The number of hydrogen-bond donors (Lipinski definition) is 1. The minimum atomic E-state index is -0.885. The van der Waals surface area contributed by atoms with Gasteiger partial charge >= 0.3 is 5.97 Å². The summed E-state index contributed by atoms with van der Waals surface area (Å²) in [5.41, 5.74) is 3.31. The minimum absolute atomic E-state index is 0.324. The van der Waals surface area contributed by atoms with Gasteiger partial charge in [0.15, 0.2) is 6.10 Å². The van der Waals surface area contributed by atoms with Gasteiger partial charge in [-0.2, -0.15) is 0 Å².